The molecule has 0 bridgehead atoms. The van der Waals surface area contributed by atoms with E-state index in [1.54, 1.807) is 0 Å². The Kier molecular flexibility index (Phi) is 34.1. The first-order chi connectivity index (χ1) is 35.0. The van der Waals surface area contributed by atoms with E-state index in [1.807, 2.05) is 14.0 Å². The molecular formula is C66H117N9. The Balaban J connectivity index is 0.000000563. The van der Waals surface area contributed by atoms with E-state index < -0.39 is 0 Å². The highest BCUT2D eigenvalue weighted by atomic mass is 15.4. The number of aromatic nitrogens is 9. The molecule has 3 aromatic rings. The number of nitrogens with zero attached hydrogens (tertiary/aromatic N) is 9. The van der Waals surface area contributed by atoms with Crippen molar-refractivity contribution in [3.63, 3.8) is 0 Å². The van der Waals surface area contributed by atoms with E-state index >= 15 is 0 Å². The zero-order chi connectivity index (χ0) is 56.3. The topological polar surface area (TPSA) is 92.1 Å². The summed E-state index contributed by atoms with van der Waals surface area (Å²) < 4.78 is 6.03. The summed E-state index contributed by atoms with van der Waals surface area (Å²) in [4.78, 5) is 0. The molecule has 9 heteroatoms. The number of unbranched alkanes of at least 4 members (excludes halogenated alkanes) is 21. The van der Waals surface area contributed by atoms with Crippen LogP contribution in [0.4, 0.5) is 0 Å². The maximum atomic E-state index is 4.29. The Morgan fingerprint density at radius 2 is 0.493 bits per heavy atom. The van der Waals surface area contributed by atoms with Crippen LogP contribution in [0, 0.1) is 68.0 Å². The number of rotatable bonds is 30. The van der Waals surface area contributed by atoms with Crippen molar-refractivity contribution in [3.8, 4) is 35.5 Å². The van der Waals surface area contributed by atoms with Crippen molar-refractivity contribution in [3.05, 3.63) is 35.7 Å². The second-order valence-corrected chi connectivity index (χ2v) is 28.5. The molecule has 0 aromatic carbocycles. The van der Waals surface area contributed by atoms with Crippen LogP contribution >= 0.6 is 0 Å². The van der Waals surface area contributed by atoms with Gasteiger partial charge in [-0.2, -0.15) is 0 Å². The van der Waals surface area contributed by atoms with Crippen molar-refractivity contribution in [1.82, 2.24) is 45.0 Å². The zero-order valence-electron chi connectivity index (χ0n) is 52.5. The van der Waals surface area contributed by atoms with Gasteiger partial charge in [-0.15, -0.1) is 33.1 Å². The Labute approximate surface area is 464 Å². The molecule has 0 radical (unpaired) electrons. The quantitative estimate of drug-likeness (QED) is 0.0488. The molecule has 3 aromatic heterocycles. The van der Waals surface area contributed by atoms with E-state index in [-0.39, 0.29) is 32.5 Å². The van der Waals surface area contributed by atoms with Crippen molar-refractivity contribution in [2.45, 2.75) is 318 Å². The molecule has 75 heavy (non-hydrogen) atoms. The van der Waals surface area contributed by atoms with Crippen molar-refractivity contribution in [1.29, 1.82) is 0 Å². The Morgan fingerprint density at radius 1 is 0.293 bits per heavy atom. The molecule has 3 rings (SSSR count). The molecule has 0 amide bonds. The summed E-state index contributed by atoms with van der Waals surface area (Å²) in [5, 5.41) is 25.6. The van der Waals surface area contributed by atoms with Gasteiger partial charge >= 0.3 is 0 Å². The molecule has 3 heterocycles. The lowest BCUT2D eigenvalue weighted by atomic mass is 9.91. The molecule has 426 valence electrons. The number of aryl methyl sites for hydroxylation is 3. The van der Waals surface area contributed by atoms with Gasteiger partial charge in [0.2, 0.25) is 0 Å². The molecule has 0 aliphatic heterocycles. The predicted octanol–water partition coefficient (Wildman–Crippen LogP) is 18.1. The number of hydrogen-bond acceptors (Lipinski definition) is 6. The molecule has 0 saturated carbocycles. The predicted molar refractivity (Wildman–Crippen MR) is 322 cm³/mol. The fraction of sp³-hybridized carbons (Fsp3) is 0.818. The van der Waals surface area contributed by atoms with E-state index in [2.05, 4.69) is 210 Å². The normalized spacial score (nSPS) is 12.1. The van der Waals surface area contributed by atoms with Crippen LogP contribution in [0.1, 0.15) is 296 Å². The minimum Gasteiger partial charge on any atom is -0.252 e. The van der Waals surface area contributed by atoms with Crippen LogP contribution < -0.4 is 0 Å². The smallest absolute Gasteiger partial charge is 0.0832 e. The molecule has 0 unspecified atom stereocenters. The van der Waals surface area contributed by atoms with Crippen molar-refractivity contribution >= 4 is 0 Å². The van der Waals surface area contributed by atoms with Gasteiger partial charge in [0.05, 0.1) is 17.1 Å². The summed E-state index contributed by atoms with van der Waals surface area (Å²) in [5.41, 5.74) is 4.62. The first-order valence-corrected chi connectivity index (χ1v) is 30.1. The molecule has 0 fully saturated rings. The minimum absolute atomic E-state index is 0.147. The average Bonchev–Trinajstić information content (AvgIpc) is 4.03. The first kappa shape index (κ1) is 69.1. The third kappa shape index (κ3) is 47.1. The maximum Gasteiger partial charge on any atom is 0.0832 e. The van der Waals surface area contributed by atoms with E-state index in [9.17, 15) is 0 Å². The molecule has 0 N–H and O–H groups in total. The van der Waals surface area contributed by atoms with E-state index in [1.165, 1.54) is 135 Å². The van der Waals surface area contributed by atoms with Crippen LogP contribution in [-0.2, 0) is 38.9 Å². The Hall–Kier alpha value is -3.90. The highest BCUT2D eigenvalue weighted by Gasteiger charge is 2.16. The summed E-state index contributed by atoms with van der Waals surface area (Å²) in [5.74, 6) is 19.8. The summed E-state index contributed by atoms with van der Waals surface area (Å²) in [6.45, 7) is 42.7. The molecule has 9 nitrogen and oxygen atoms in total. The van der Waals surface area contributed by atoms with Crippen LogP contribution in [0.3, 0.4) is 0 Å². The Morgan fingerprint density at radius 3 is 0.693 bits per heavy atom. The van der Waals surface area contributed by atoms with Gasteiger partial charge in [-0.1, -0.05) is 192 Å². The molecule has 0 spiro atoms. The third-order valence-corrected chi connectivity index (χ3v) is 11.8. The SMILES string of the molecule is CC(C)(C)C#CCCCCCCCCCCn1cc(CC(C)(C)C)nn1.CC(C)(C)C#CCCCCCCCCCn1cc(CC(C)(C)C)nn1.CC(C)(C)C#CCCCCCCCCn1cc(CC(C)(C)C)nn1. The largest absolute Gasteiger partial charge is 0.252 e. The zero-order valence-corrected chi connectivity index (χ0v) is 52.5. The van der Waals surface area contributed by atoms with Crippen molar-refractivity contribution in [2.75, 3.05) is 0 Å². The van der Waals surface area contributed by atoms with Gasteiger partial charge < -0.3 is 0 Å². The molecule has 0 atom stereocenters. The molecular weight excluding hydrogens is 919 g/mol. The fourth-order valence-electron chi connectivity index (χ4n) is 8.31. The second-order valence-electron chi connectivity index (χ2n) is 28.5. The average molecular weight is 1040 g/mol. The standard InChI is InChI=1S/C23H41N3.C22H39N3.C21H37N3/c1-22(2,3)17-15-13-11-9-7-8-10-12-14-16-18-26-20-21(24-25-26)19-23(4,5)6;1-21(2,3)16-14-12-10-8-7-9-11-13-15-17-25-19-20(23-24-25)18-22(4,5)6;1-20(2,3)15-13-11-9-7-8-10-12-14-16-24-18-19(22-23-24)17-21(4,5)6/h20H,7-14,16,18-19H2,1-6H3;19H,7-13,15,17-18H2,1-6H3;18H,7-12,14,16-17H2,1-6H3. The lowest BCUT2D eigenvalue weighted by molar-refractivity contribution is 0.405. The van der Waals surface area contributed by atoms with Crippen LogP contribution in [0.25, 0.3) is 0 Å². The molecule has 0 saturated heterocycles. The van der Waals surface area contributed by atoms with Crippen molar-refractivity contribution in [2.24, 2.45) is 32.5 Å². The van der Waals surface area contributed by atoms with Gasteiger partial charge in [-0.05, 0) is 136 Å². The minimum atomic E-state index is 0.147. The summed E-state index contributed by atoms with van der Waals surface area (Å²) >= 11 is 0. The lowest BCUT2D eigenvalue weighted by Gasteiger charge is -2.15. The van der Waals surface area contributed by atoms with Gasteiger partial charge in [-0.3, -0.25) is 14.0 Å². The first-order valence-electron chi connectivity index (χ1n) is 30.1. The van der Waals surface area contributed by atoms with Gasteiger partial charge in [0, 0.05) is 73.7 Å². The van der Waals surface area contributed by atoms with Gasteiger partial charge in [-0.25, -0.2) is 0 Å². The van der Waals surface area contributed by atoms with E-state index in [0.717, 1.165) is 75.2 Å². The van der Waals surface area contributed by atoms with Gasteiger partial charge in [0.25, 0.3) is 0 Å². The van der Waals surface area contributed by atoms with E-state index in [0.29, 0.717) is 0 Å². The Bertz CT molecular complexity index is 2070. The van der Waals surface area contributed by atoms with Crippen LogP contribution in [-0.4, -0.2) is 45.0 Å². The highest BCUT2D eigenvalue weighted by Crippen LogP contribution is 2.22. The lowest BCUT2D eigenvalue weighted by Crippen LogP contribution is -2.09. The highest BCUT2D eigenvalue weighted by molar-refractivity contribution is 5.08. The summed E-state index contributed by atoms with van der Waals surface area (Å²) in [6.07, 6.45) is 39.7. The van der Waals surface area contributed by atoms with Crippen molar-refractivity contribution < 1.29 is 0 Å². The van der Waals surface area contributed by atoms with Crippen LogP contribution in [0.15, 0.2) is 18.6 Å². The summed E-state index contributed by atoms with van der Waals surface area (Å²) in [6, 6.07) is 0. The number of hydrogen-bond donors (Lipinski definition) is 0. The monoisotopic (exact) mass is 1040 g/mol. The summed E-state index contributed by atoms with van der Waals surface area (Å²) in [7, 11) is 0. The van der Waals surface area contributed by atoms with Gasteiger partial charge in [0.1, 0.15) is 0 Å². The van der Waals surface area contributed by atoms with Gasteiger partial charge in [0.15, 0.2) is 0 Å². The second kappa shape index (κ2) is 37.0. The maximum absolute atomic E-state index is 4.29. The molecule has 0 aliphatic carbocycles. The third-order valence-electron chi connectivity index (χ3n) is 11.8. The van der Waals surface area contributed by atoms with E-state index in [4.69, 9.17) is 0 Å². The van der Waals surface area contributed by atoms with Crippen LogP contribution in [0.2, 0.25) is 0 Å². The fourth-order valence-corrected chi connectivity index (χ4v) is 8.31. The molecule has 0 aliphatic rings. The van der Waals surface area contributed by atoms with Crippen LogP contribution in [0.5, 0.6) is 0 Å².